The molecule has 2 nitrogen and oxygen atoms in total. The van der Waals surface area contributed by atoms with Crippen molar-refractivity contribution in [1.82, 2.24) is 4.90 Å². The van der Waals surface area contributed by atoms with Crippen molar-refractivity contribution in [3.8, 4) is 0 Å². The Hall–Kier alpha value is -1.29. The van der Waals surface area contributed by atoms with E-state index in [9.17, 15) is 0 Å². The van der Waals surface area contributed by atoms with Gasteiger partial charge in [0, 0.05) is 30.9 Å². The van der Waals surface area contributed by atoms with E-state index in [0.717, 1.165) is 25.4 Å². The maximum absolute atomic E-state index is 6.31. The van der Waals surface area contributed by atoms with Gasteiger partial charge in [0.15, 0.2) is 0 Å². The van der Waals surface area contributed by atoms with Crippen LogP contribution in [0.5, 0.6) is 0 Å². The lowest BCUT2D eigenvalue weighted by molar-refractivity contribution is 0.0637. The SMILES string of the molecule is CC1CSCC1(CN)N(Cc1ccccc1)Cc1ccccc1. The summed E-state index contributed by atoms with van der Waals surface area (Å²) in [6.45, 7) is 4.99. The molecule has 2 unspecified atom stereocenters. The van der Waals surface area contributed by atoms with E-state index in [2.05, 4.69) is 72.5 Å². The molecule has 0 bridgehead atoms. The number of rotatable bonds is 6. The van der Waals surface area contributed by atoms with E-state index >= 15 is 0 Å². The van der Waals surface area contributed by atoms with Crippen LogP contribution in [0.15, 0.2) is 60.7 Å². The van der Waals surface area contributed by atoms with Crippen molar-refractivity contribution in [3.05, 3.63) is 71.8 Å². The normalized spacial score (nSPS) is 24.2. The topological polar surface area (TPSA) is 29.3 Å². The first-order valence-corrected chi connectivity index (χ1v) is 9.51. The summed E-state index contributed by atoms with van der Waals surface area (Å²) in [5.74, 6) is 2.95. The van der Waals surface area contributed by atoms with Crippen molar-refractivity contribution in [3.63, 3.8) is 0 Å². The number of thioether (sulfide) groups is 1. The van der Waals surface area contributed by atoms with Gasteiger partial charge in [-0.05, 0) is 22.8 Å². The van der Waals surface area contributed by atoms with Crippen LogP contribution in [0.2, 0.25) is 0 Å². The van der Waals surface area contributed by atoms with Crippen molar-refractivity contribution in [2.45, 2.75) is 25.6 Å². The van der Waals surface area contributed by atoms with Crippen molar-refractivity contribution in [2.75, 3.05) is 18.1 Å². The van der Waals surface area contributed by atoms with Gasteiger partial charge in [0.05, 0.1) is 0 Å². The molecule has 2 aromatic rings. The van der Waals surface area contributed by atoms with Crippen LogP contribution >= 0.6 is 11.8 Å². The van der Waals surface area contributed by atoms with Crippen LogP contribution in [0.4, 0.5) is 0 Å². The molecule has 23 heavy (non-hydrogen) atoms. The zero-order chi connectivity index (χ0) is 16.1. The molecule has 1 fully saturated rings. The van der Waals surface area contributed by atoms with Gasteiger partial charge in [0.1, 0.15) is 0 Å². The third-order valence-corrected chi connectivity index (χ3v) is 6.49. The van der Waals surface area contributed by atoms with Crippen molar-refractivity contribution < 1.29 is 0 Å². The summed E-state index contributed by atoms with van der Waals surface area (Å²) < 4.78 is 0. The Morgan fingerprint density at radius 2 is 1.52 bits per heavy atom. The van der Waals surface area contributed by atoms with Gasteiger partial charge in [-0.2, -0.15) is 11.8 Å². The summed E-state index contributed by atoms with van der Waals surface area (Å²) in [5, 5.41) is 0. The summed E-state index contributed by atoms with van der Waals surface area (Å²) in [7, 11) is 0. The van der Waals surface area contributed by atoms with Crippen LogP contribution in [0.3, 0.4) is 0 Å². The molecule has 2 aromatic carbocycles. The average Bonchev–Trinajstić information content (AvgIpc) is 2.98. The molecule has 0 aromatic heterocycles. The third kappa shape index (κ3) is 3.63. The van der Waals surface area contributed by atoms with Crippen molar-refractivity contribution in [2.24, 2.45) is 11.7 Å². The Labute approximate surface area is 144 Å². The molecule has 0 aliphatic carbocycles. The number of hydrogen-bond donors (Lipinski definition) is 1. The molecule has 1 saturated heterocycles. The Balaban J connectivity index is 1.89. The van der Waals surface area contributed by atoms with Gasteiger partial charge in [0.2, 0.25) is 0 Å². The Bertz CT molecular complexity index is 560. The predicted molar refractivity (Wildman–Crippen MR) is 100 cm³/mol. The molecule has 0 spiro atoms. The summed E-state index contributed by atoms with van der Waals surface area (Å²) in [6, 6.07) is 21.5. The van der Waals surface area contributed by atoms with Crippen LogP contribution in [0.1, 0.15) is 18.1 Å². The highest BCUT2D eigenvalue weighted by Gasteiger charge is 2.44. The highest BCUT2D eigenvalue weighted by atomic mass is 32.2. The van der Waals surface area contributed by atoms with E-state index in [1.54, 1.807) is 0 Å². The van der Waals surface area contributed by atoms with Crippen LogP contribution < -0.4 is 5.73 Å². The molecule has 1 aliphatic rings. The van der Waals surface area contributed by atoms with Gasteiger partial charge in [-0.25, -0.2) is 0 Å². The molecule has 3 rings (SSSR count). The minimum Gasteiger partial charge on any atom is -0.329 e. The van der Waals surface area contributed by atoms with Crippen LogP contribution in [-0.2, 0) is 13.1 Å². The summed E-state index contributed by atoms with van der Waals surface area (Å²) in [5.41, 5.74) is 9.13. The van der Waals surface area contributed by atoms with Gasteiger partial charge in [-0.3, -0.25) is 4.90 Å². The second kappa shape index (κ2) is 7.52. The van der Waals surface area contributed by atoms with Crippen LogP contribution in [-0.4, -0.2) is 28.5 Å². The fourth-order valence-corrected chi connectivity index (χ4v) is 5.20. The first-order chi connectivity index (χ1) is 11.2. The van der Waals surface area contributed by atoms with Gasteiger partial charge in [-0.15, -0.1) is 0 Å². The van der Waals surface area contributed by atoms with Crippen LogP contribution in [0, 0.1) is 5.92 Å². The standard InChI is InChI=1S/C20H26N2S/c1-17-14-23-16-20(17,15-21)22(12-18-8-4-2-5-9-18)13-19-10-6-3-7-11-19/h2-11,17H,12-16,21H2,1H3. The highest BCUT2D eigenvalue weighted by molar-refractivity contribution is 7.99. The molecule has 1 aliphatic heterocycles. The number of benzene rings is 2. The quantitative estimate of drug-likeness (QED) is 0.876. The zero-order valence-electron chi connectivity index (χ0n) is 13.8. The van der Waals surface area contributed by atoms with Crippen LogP contribution in [0.25, 0.3) is 0 Å². The van der Waals surface area contributed by atoms with E-state index in [1.807, 2.05) is 11.8 Å². The maximum Gasteiger partial charge on any atom is 0.0462 e. The van der Waals surface area contributed by atoms with E-state index in [4.69, 9.17) is 5.73 Å². The fourth-order valence-electron chi connectivity index (χ4n) is 3.48. The second-order valence-corrected chi connectivity index (χ2v) is 7.58. The Morgan fingerprint density at radius 1 is 1.00 bits per heavy atom. The van der Waals surface area contributed by atoms with Gasteiger partial charge in [-0.1, -0.05) is 67.6 Å². The summed E-state index contributed by atoms with van der Waals surface area (Å²) in [4.78, 5) is 2.61. The maximum atomic E-state index is 6.31. The van der Waals surface area contributed by atoms with E-state index in [1.165, 1.54) is 16.9 Å². The molecule has 0 saturated carbocycles. The molecule has 1 heterocycles. The number of nitrogens with two attached hydrogens (primary N) is 1. The van der Waals surface area contributed by atoms with Crippen molar-refractivity contribution >= 4 is 11.8 Å². The first-order valence-electron chi connectivity index (χ1n) is 8.35. The minimum atomic E-state index is 0.0936. The van der Waals surface area contributed by atoms with E-state index in [-0.39, 0.29) is 5.54 Å². The lowest BCUT2D eigenvalue weighted by Gasteiger charge is -2.43. The Morgan fingerprint density at radius 3 is 1.91 bits per heavy atom. The number of hydrogen-bond acceptors (Lipinski definition) is 3. The highest BCUT2D eigenvalue weighted by Crippen LogP contribution is 2.39. The van der Waals surface area contributed by atoms with E-state index < -0.39 is 0 Å². The predicted octanol–water partition coefficient (Wildman–Crippen LogP) is 3.77. The molecule has 2 N–H and O–H groups in total. The third-order valence-electron chi connectivity index (χ3n) is 5.05. The smallest absolute Gasteiger partial charge is 0.0462 e. The monoisotopic (exact) mass is 326 g/mol. The van der Waals surface area contributed by atoms with Crippen molar-refractivity contribution in [1.29, 1.82) is 0 Å². The number of nitrogens with zero attached hydrogens (tertiary/aromatic N) is 1. The zero-order valence-corrected chi connectivity index (χ0v) is 14.6. The summed E-state index contributed by atoms with van der Waals surface area (Å²) >= 11 is 2.04. The van der Waals surface area contributed by atoms with Gasteiger partial charge < -0.3 is 5.73 Å². The fraction of sp³-hybridized carbons (Fsp3) is 0.400. The second-order valence-electron chi connectivity index (χ2n) is 6.55. The van der Waals surface area contributed by atoms with Gasteiger partial charge in [0.25, 0.3) is 0 Å². The average molecular weight is 327 g/mol. The lowest BCUT2D eigenvalue weighted by Crippen LogP contribution is -2.57. The Kier molecular flexibility index (Phi) is 5.42. The molecule has 2 atom stereocenters. The molecule has 0 amide bonds. The van der Waals surface area contributed by atoms with E-state index in [0.29, 0.717) is 5.92 Å². The molecule has 3 heteroatoms. The lowest BCUT2D eigenvalue weighted by atomic mass is 9.85. The molecule has 0 radical (unpaired) electrons. The largest absolute Gasteiger partial charge is 0.329 e. The van der Waals surface area contributed by atoms with Gasteiger partial charge >= 0.3 is 0 Å². The molecular weight excluding hydrogens is 300 g/mol. The molecule has 122 valence electrons. The summed E-state index contributed by atoms with van der Waals surface area (Å²) in [6.07, 6.45) is 0. The first kappa shape index (κ1) is 16.6. The molecular formula is C20H26N2S. The minimum absolute atomic E-state index is 0.0936.